The summed E-state index contributed by atoms with van der Waals surface area (Å²) in [7, 11) is 2.06. The average molecular weight is 243 g/mol. The third-order valence-electron chi connectivity index (χ3n) is 2.57. The Labute approximate surface area is 99.8 Å². The summed E-state index contributed by atoms with van der Waals surface area (Å²) in [5.74, 6) is 5.72. The molecule has 5 heteroatoms. The highest BCUT2D eigenvalue weighted by atomic mass is 35.5. The van der Waals surface area contributed by atoms with Crippen molar-refractivity contribution in [1.29, 1.82) is 0 Å². The number of ether oxygens (including phenoxy) is 1. The van der Waals surface area contributed by atoms with Gasteiger partial charge in [0.25, 0.3) is 0 Å². The largest absolute Gasteiger partial charge is 0.486 e. The Kier molecular flexibility index (Phi) is 3.66. The molecule has 0 aromatic heterocycles. The van der Waals surface area contributed by atoms with E-state index in [-0.39, 0.29) is 6.10 Å². The molecular weight excluding hydrogens is 228 g/mol. The summed E-state index contributed by atoms with van der Waals surface area (Å²) >= 11 is 6.09. The molecule has 1 aromatic rings. The van der Waals surface area contributed by atoms with E-state index in [0.29, 0.717) is 11.6 Å². The molecule has 0 spiro atoms. The fourth-order valence-corrected chi connectivity index (χ4v) is 1.97. The van der Waals surface area contributed by atoms with Crippen LogP contribution in [-0.4, -0.2) is 31.1 Å². The molecule has 1 aliphatic heterocycles. The molecule has 0 atom stereocenters. The molecule has 0 radical (unpaired) electrons. The minimum atomic E-state index is 0.249. The van der Waals surface area contributed by atoms with Gasteiger partial charge < -0.3 is 4.74 Å². The standard InChI is InChI=1S/C11H15ClN2O2/c1-14-5-9(6-14)16-11-3-2-8(7-15-13)4-10(11)12/h2-4,9H,5-7,13H2,1H3. The number of rotatable bonds is 4. The lowest BCUT2D eigenvalue weighted by Crippen LogP contribution is -2.51. The summed E-state index contributed by atoms with van der Waals surface area (Å²) in [4.78, 5) is 6.73. The van der Waals surface area contributed by atoms with Crippen molar-refractivity contribution < 1.29 is 9.57 Å². The van der Waals surface area contributed by atoms with Gasteiger partial charge in [0.1, 0.15) is 11.9 Å². The molecule has 1 saturated heterocycles. The molecule has 1 heterocycles. The second-order valence-electron chi connectivity index (χ2n) is 4.04. The molecule has 0 amide bonds. The molecular formula is C11H15ClN2O2. The van der Waals surface area contributed by atoms with Crippen molar-refractivity contribution >= 4 is 11.6 Å². The zero-order valence-electron chi connectivity index (χ0n) is 9.15. The van der Waals surface area contributed by atoms with Gasteiger partial charge in [-0.15, -0.1) is 0 Å². The smallest absolute Gasteiger partial charge is 0.138 e. The number of likely N-dealkylation sites (N-methyl/N-ethyl adjacent to an activating group) is 1. The van der Waals surface area contributed by atoms with Crippen LogP contribution in [0.2, 0.25) is 5.02 Å². The Morgan fingerprint density at radius 2 is 2.25 bits per heavy atom. The lowest BCUT2D eigenvalue weighted by molar-refractivity contribution is 0.0388. The third kappa shape index (κ3) is 2.65. The number of hydrogen-bond donors (Lipinski definition) is 1. The number of nitrogens with two attached hydrogens (primary N) is 1. The topological polar surface area (TPSA) is 47.7 Å². The molecule has 0 saturated carbocycles. The Bertz CT molecular complexity index is 367. The van der Waals surface area contributed by atoms with Gasteiger partial charge in [-0.1, -0.05) is 17.7 Å². The maximum atomic E-state index is 6.09. The maximum absolute atomic E-state index is 6.09. The van der Waals surface area contributed by atoms with Gasteiger partial charge in [0.2, 0.25) is 0 Å². The van der Waals surface area contributed by atoms with E-state index in [9.17, 15) is 0 Å². The summed E-state index contributed by atoms with van der Waals surface area (Å²) in [6, 6.07) is 5.57. The fraction of sp³-hybridized carbons (Fsp3) is 0.455. The van der Waals surface area contributed by atoms with Crippen molar-refractivity contribution in [2.45, 2.75) is 12.7 Å². The summed E-state index contributed by atoms with van der Waals surface area (Å²) in [6.45, 7) is 2.25. The Morgan fingerprint density at radius 1 is 1.50 bits per heavy atom. The predicted molar refractivity (Wildman–Crippen MR) is 62.3 cm³/mol. The van der Waals surface area contributed by atoms with Gasteiger partial charge in [-0.25, -0.2) is 5.90 Å². The van der Waals surface area contributed by atoms with Crippen LogP contribution in [-0.2, 0) is 11.4 Å². The highest BCUT2D eigenvalue weighted by Crippen LogP contribution is 2.28. The molecule has 1 fully saturated rings. The molecule has 0 bridgehead atoms. The van der Waals surface area contributed by atoms with Crippen LogP contribution in [0.25, 0.3) is 0 Å². The van der Waals surface area contributed by atoms with E-state index >= 15 is 0 Å². The third-order valence-corrected chi connectivity index (χ3v) is 2.87. The number of nitrogens with zero attached hydrogens (tertiary/aromatic N) is 1. The maximum Gasteiger partial charge on any atom is 0.138 e. The van der Waals surface area contributed by atoms with Crippen LogP contribution in [0.4, 0.5) is 0 Å². The van der Waals surface area contributed by atoms with E-state index < -0.39 is 0 Å². The lowest BCUT2D eigenvalue weighted by atomic mass is 10.2. The van der Waals surface area contributed by atoms with Crippen LogP contribution in [0.1, 0.15) is 5.56 Å². The van der Waals surface area contributed by atoms with Gasteiger partial charge in [-0.2, -0.15) is 0 Å². The van der Waals surface area contributed by atoms with E-state index in [1.54, 1.807) is 0 Å². The van der Waals surface area contributed by atoms with Crippen LogP contribution in [0.15, 0.2) is 18.2 Å². The molecule has 88 valence electrons. The molecule has 16 heavy (non-hydrogen) atoms. The van der Waals surface area contributed by atoms with Gasteiger partial charge in [0.15, 0.2) is 0 Å². The first-order valence-corrected chi connectivity index (χ1v) is 5.52. The first kappa shape index (κ1) is 11.7. The molecule has 4 nitrogen and oxygen atoms in total. The number of benzene rings is 1. The first-order chi connectivity index (χ1) is 7.69. The molecule has 1 aromatic carbocycles. The minimum Gasteiger partial charge on any atom is -0.486 e. The second-order valence-corrected chi connectivity index (χ2v) is 4.44. The van der Waals surface area contributed by atoms with Crippen molar-refractivity contribution in [3.63, 3.8) is 0 Å². The Morgan fingerprint density at radius 3 is 2.81 bits per heavy atom. The van der Waals surface area contributed by atoms with E-state index in [0.717, 1.165) is 24.4 Å². The quantitative estimate of drug-likeness (QED) is 0.812. The number of likely N-dealkylation sites (tertiary alicyclic amines) is 1. The summed E-state index contributed by atoms with van der Waals surface area (Å²) in [5.41, 5.74) is 0.936. The van der Waals surface area contributed by atoms with Crippen molar-refractivity contribution in [2.24, 2.45) is 5.90 Å². The SMILES string of the molecule is CN1CC(Oc2ccc(CON)cc2Cl)C1. The van der Waals surface area contributed by atoms with E-state index in [2.05, 4.69) is 16.8 Å². The van der Waals surface area contributed by atoms with E-state index in [4.69, 9.17) is 22.2 Å². The lowest BCUT2D eigenvalue weighted by Gasteiger charge is -2.36. The van der Waals surface area contributed by atoms with Crippen LogP contribution in [0, 0.1) is 0 Å². The Balaban J connectivity index is 1.99. The molecule has 2 rings (SSSR count). The number of hydrogen-bond acceptors (Lipinski definition) is 4. The van der Waals surface area contributed by atoms with Crippen LogP contribution in [0.3, 0.4) is 0 Å². The van der Waals surface area contributed by atoms with Crippen molar-refractivity contribution in [1.82, 2.24) is 4.90 Å². The zero-order chi connectivity index (χ0) is 11.5. The van der Waals surface area contributed by atoms with Crippen molar-refractivity contribution in [2.75, 3.05) is 20.1 Å². The highest BCUT2D eigenvalue weighted by Gasteiger charge is 2.25. The Hall–Kier alpha value is -0.810. The summed E-state index contributed by atoms with van der Waals surface area (Å²) < 4.78 is 5.74. The van der Waals surface area contributed by atoms with Gasteiger partial charge in [0.05, 0.1) is 11.6 Å². The van der Waals surface area contributed by atoms with E-state index in [1.165, 1.54) is 0 Å². The van der Waals surface area contributed by atoms with Crippen LogP contribution >= 0.6 is 11.6 Å². The van der Waals surface area contributed by atoms with E-state index in [1.807, 2.05) is 18.2 Å². The summed E-state index contributed by atoms with van der Waals surface area (Å²) in [5, 5.41) is 0.601. The average Bonchev–Trinajstić information content (AvgIpc) is 2.20. The minimum absolute atomic E-state index is 0.249. The molecule has 0 aliphatic carbocycles. The second kappa shape index (κ2) is 5.01. The van der Waals surface area contributed by atoms with Gasteiger partial charge in [0, 0.05) is 13.1 Å². The normalized spacial score (nSPS) is 17.2. The highest BCUT2D eigenvalue weighted by molar-refractivity contribution is 6.32. The monoisotopic (exact) mass is 242 g/mol. The van der Waals surface area contributed by atoms with Crippen molar-refractivity contribution in [3.8, 4) is 5.75 Å². The number of halogens is 1. The molecule has 2 N–H and O–H groups in total. The van der Waals surface area contributed by atoms with Gasteiger partial charge in [-0.05, 0) is 24.7 Å². The fourth-order valence-electron chi connectivity index (χ4n) is 1.72. The molecule has 1 aliphatic rings. The van der Waals surface area contributed by atoms with Crippen LogP contribution < -0.4 is 10.6 Å². The molecule has 0 unspecified atom stereocenters. The first-order valence-electron chi connectivity index (χ1n) is 5.14. The van der Waals surface area contributed by atoms with Crippen LogP contribution in [0.5, 0.6) is 5.75 Å². The van der Waals surface area contributed by atoms with Crippen molar-refractivity contribution in [3.05, 3.63) is 28.8 Å². The summed E-state index contributed by atoms with van der Waals surface area (Å²) in [6.07, 6.45) is 0.249. The zero-order valence-corrected chi connectivity index (χ0v) is 9.91. The predicted octanol–water partition coefficient (Wildman–Crippen LogP) is 1.42. The van der Waals surface area contributed by atoms with Gasteiger partial charge in [-0.3, -0.25) is 9.74 Å². The van der Waals surface area contributed by atoms with Gasteiger partial charge >= 0.3 is 0 Å².